The van der Waals surface area contributed by atoms with Crippen molar-refractivity contribution in [1.82, 2.24) is 10.2 Å². The summed E-state index contributed by atoms with van der Waals surface area (Å²) in [6.45, 7) is -0.683. The SMILES string of the molecule is COc1ccc(Br)cc1/C=C1/NC(=O)N(CC(=O)O)C1=O. The molecule has 0 radical (unpaired) electrons. The van der Waals surface area contributed by atoms with Crippen LogP contribution in [0.3, 0.4) is 0 Å². The van der Waals surface area contributed by atoms with Crippen molar-refractivity contribution in [2.45, 2.75) is 0 Å². The molecule has 21 heavy (non-hydrogen) atoms. The Balaban J connectivity index is 2.35. The molecule has 8 heteroatoms. The number of carbonyl (C=O) groups excluding carboxylic acids is 2. The number of hydrogen-bond acceptors (Lipinski definition) is 4. The first-order valence-electron chi connectivity index (χ1n) is 5.82. The average molecular weight is 355 g/mol. The lowest BCUT2D eigenvalue weighted by Gasteiger charge is -2.07. The molecule has 1 aliphatic rings. The van der Waals surface area contributed by atoms with E-state index in [0.717, 1.165) is 4.47 Å². The summed E-state index contributed by atoms with van der Waals surface area (Å²) in [6, 6.07) is 4.42. The molecule has 0 atom stereocenters. The number of carbonyl (C=O) groups is 3. The lowest BCUT2D eigenvalue weighted by molar-refractivity contribution is -0.140. The van der Waals surface area contributed by atoms with E-state index in [1.54, 1.807) is 18.2 Å². The number of nitrogens with one attached hydrogen (secondary N) is 1. The standard InChI is InChI=1S/C13H11BrN2O5/c1-21-10-3-2-8(14)4-7(10)5-9-12(19)16(6-11(17)18)13(20)15-9/h2-5H,6H2,1H3,(H,15,20)(H,17,18)/b9-5+. The predicted octanol–water partition coefficient (Wildman–Crippen LogP) is 1.43. The van der Waals surface area contributed by atoms with Crippen LogP contribution in [-0.2, 0) is 9.59 Å². The maximum Gasteiger partial charge on any atom is 0.329 e. The first kappa shape index (κ1) is 15.0. The Morgan fingerprint density at radius 2 is 2.19 bits per heavy atom. The van der Waals surface area contributed by atoms with E-state index in [9.17, 15) is 14.4 Å². The third-order valence-corrected chi connectivity index (χ3v) is 3.24. The molecule has 3 amide bonds. The Morgan fingerprint density at radius 1 is 1.48 bits per heavy atom. The van der Waals surface area contributed by atoms with Crippen molar-refractivity contribution in [3.8, 4) is 5.75 Å². The summed E-state index contributed by atoms with van der Waals surface area (Å²) in [6.07, 6.45) is 1.44. The number of hydrogen-bond donors (Lipinski definition) is 2. The maximum absolute atomic E-state index is 12.0. The highest BCUT2D eigenvalue weighted by atomic mass is 79.9. The Kier molecular flexibility index (Phi) is 4.27. The van der Waals surface area contributed by atoms with Gasteiger partial charge >= 0.3 is 12.0 Å². The second-order valence-corrected chi connectivity index (χ2v) is 5.08. The second kappa shape index (κ2) is 5.96. The predicted molar refractivity (Wildman–Crippen MR) is 76.6 cm³/mol. The van der Waals surface area contributed by atoms with Crippen molar-refractivity contribution in [2.24, 2.45) is 0 Å². The molecule has 0 bridgehead atoms. The Morgan fingerprint density at radius 3 is 2.81 bits per heavy atom. The van der Waals surface area contributed by atoms with Crippen LogP contribution >= 0.6 is 15.9 Å². The quantitative estimate of drug-likeness (QED) is 0.629. The summed E-state index contributed by atoms with van der Waals surface area (Å²) in [5.41, 5.74) is 0.574. The molecule has 0 spiro atoms. The minimum Gasteiger partial charge on any atom is -0.496 e. The number of carboxylic acids is 1. The molecule has 2 rings (SSSR count). The van der Waals surface area contributed by atoms with E-state index in [1.807, 2.05) is 0 Å². The molecule has 0 aliphatic carbocycles. The summed E-state index contributed by atoms with van der Waals surface area (Å²) in [5.74, 6) is -1.44. The van der Waals surface area contributed by atoms with Gasteiger partial charge in [-0.05, 0) is 24.3 Å². The van der Waals surface area contributed by atoms with Crippen LogP contribution < -0.4 is 10.1 Å². The Bertz CT molecular complexity index is 656. The van der Waals surface area contributed by atoms with Crippen LogP contribution in [0, 0.1) is 0 Å². The summed E-state index contributed by atoms with van der Waals surface area (Å²) in [4.78, 5) is 34.9. The van der Waals surface area contributed by atoms with Crippen molar-refractivity contribution >= 4 is 39.9 Å². The summed E-state index contributed by atoms with van der Waals surface area (Å²) < 4.78 is 5.94. The van der Waals surface area contributed by atoms with Gasteiger partial charge in [0.05, 0.1) is 7.11 Å². The molecule has 110 valence electrons. The van der Waals surface area contributed by atoms with Crippen LogP contribution in [0.2, 0.25) is 0 Å². The van der Waals surface area contributed by atoms with E-state index in [2.05, 4.69) is 21.2 Å². The van der Waals surface area contributed by atoms with Crippen LogP contribution in [-0.4, -0.2) is 41.6 Å². The Labute approximate surface area is 128 Å². The fraction of sp³-hybridized carbons (Fsp3) is 0.154. The normalized spacial score (nSPS) is 16.3. The number of aliphatic carboxylic acids is 1. The number of amides is 3. The third-order valence-electron chi connectivity index (χ3n) is 2.75. The molecule has 1 fully saturated rings. The average Bonchev–Trinajstić information content (AvgIpc) is 2.66. The lowest BCUT2D eigenvalue weighted by Crippen LogP contribution is -2.35. The van der Waals surface area contributed by atoms with E-state index < -0.39 is 24.5 Å². The number of carboxylic acid groups (broad SMARTS) is 1. The molecule has 2 N–H and O–H groups in total. The van der Waals surface area contributed by atoms with E-state index in [-0.39, 0.29) is 5.70 Å². The van der Waals surface area contributed by atoms with Crippen molar-refractivity contribution in [1.29, 1.82) is 0 Å². The number of imide groups is 1. The zero-order chi connectivity index (χ0) is 15.6. The second-order valence-electron chi connectivity index (χ2n) is 4.16. The van der Waals surface area contributed by atoms with Gasteiger partial charge in [0, 0.05) is 10.0 Å². The molecule has 0 unspecified atom stereocenters. The number of methoxy groups -OCH3 is 1. The van der Waals surface area contributed by atoms with Gasteiger partial charge in [0.1, 0.15) is 18.0 Å². The fourth-order valence-electron chi connectivity index (χ4n) is 1.82. The number of urea groups is 1. The first-order chi connectivity index (χ1) is 9.92. The number of nitrogens with zero attached hydrogens (tertiary/aromatic N) is 1. The van der Waals surface area contributed by atoms with E-state index >= 15 is 0 Å². The van der Waals surface area contributed by atoms with Gasteiger partial charge in [0.15, 0.2) is 0 Å². The lowest BCUT2D eigenvalue weighted by atomic mass is 10.1. The minimum atomic E-state index is -1.26. The molecule has 0 aromatic heterocycles. The highest BCUT2D eigenvalue weighted by Gasteiger charge is 2.34. The van der Waals surface area contributed by atoms with Gasteiger partial charge in [-0.25, -0.2) is 9.69 Å². The van der Waals surface area contributed by atoms with Gasteiger partial charge in [-0.2, -0.15) is 0 Å². The van der Waals surface area contributed by atoms with Crippen molar-refractivity contribution in [3.05, 3.63) is 33.9 Å². The summed E-state index contributed by atoms with van der Waals surface area (Å²) in [7, 11) is 1.48. The molecule has 1 heterocycles. The first-order valence-corrected chi connectivity index (χ1v) is 6.61. The molecule has 7 nitrogen and oxygen atoms in total. The fourth-order valence-corrected chi connectivity index (χ4v) is 2.20. The molecule has 1 saturated heterocycles. The van der Waals surface area contributed by atoms with Crippen LogP contribution in [0.4, 0.5) is 4.79 Å². The zero-order valence-electron chi connectivity index (χ0n) is 10.9. The number of halogens is 1. The summed E-state index contributed by atoms with van der Waals surface area (Å²) >= 11 is 3.30. The molecular formula is C13H11BrN2O5. The summed E-state index contributed by atoms with van der Waals surface area (Å²) in [5, 5.41) is 11.0. The zero-order valence-corrected chi connectivity index (χ0v) is 12.5. The van der Waals surface area contributed by atoms with Gasteiger partial charge in [0.2, 0.25) is 0 Å². The molecule has 0 saturated carbocycles. The van der Waals surface area contributed by atoms with Crippen molar-refractivity contribution < 1.29 is 24.2 Å². The third kappa shape index (κ3) is 3.22. The van der Waals surface area contributed by atoms with E-state index in [0.29, 0.717) is 16.2 Å². The topological polar surface area (TPSA) is 95.9 Å². The van der Waals surface area contributed by atoms with Crippen LogP contribution in [0.5, 0.6) is 5.75 Å². The Hall–Kier alpha value is -2.35. The monoisotopic (exact) mass is 354 g/mol. The largest absolute Gasteiger partial charge is 0.496 e. The van der Waals surface area contributed by atoms with Gasteiger partial charge < -0.3 is 15.2 Å². The smallest absolute Gasteiger partial charge is 0.329 e. The number of ether oxygens (including phenoxy) is 1. The molecule has 1 aromatic carbocycles. The van der Waals surface area contributed by atoms with E-state index in [1.165, 1.54) is 13.2 Å². The number of benzene rings is 1. The highest BCUT2D eigenvalue weighted by molar-refractivity contribution is 9.10. The molecule has 1 aliphatic heterocycles. The van der Waals surface area contributed by atoms with Crippen LogP contribution in [0.15, 0.2) is 28.4 Å². The maximum atomic E-state index is 12.0. The van der Waals surface area contributed by atoms with Crippen molar-refractivity contribution in [3.63, 3.8) is 0 Å². The highest BCUT2D eigenvalue weighted by Crippen LogP contribution is 2.26. The van der Waals surface area contributed by atoms with E-state index in [4.69, 9.17) is 9.84 Å². The molecule has 1 aromatic rings. The van der Waals surface area contributed by atoms with Crippen LogP contribution in [0.25, 0.3) is 6.08 Å². The van der Waals surface area contributed by atoms with Crippen LogP contribution in [0.1, 0.15) is 5.56 Å². The minimum absolute atomic E-state index is 0.00218. The van der Waals surface area contributed by atoms with Gasteiger partial charge in [-0.3, -0.25) is 9.59 Å². The van der Waals surface area contributed by atoms with Gasteiger partial charge in [-0.15, -0.1) is 0 Å². The number of rotatable bonds is 4. The van der Waals surface area contributed by atoms with Crippen molar-refractivity contribution in [2.75, 3.05) is 13.7 Å². The molecular weight excluding hydrogens is 344 g/mol. The van der Waals surface area contributed by atoms with Gasteiger partial charge in [0.25, 0.3) is 5.91 Å². The van der Waals surface area contributed by atoms with Gasteiger partial charge in [-0.1, -0.05) is 15.9 Å².